The number of rotatable bonds is 11. The molecule has 0 N–H and O–H groups in total. The van der Waals surface area contributed by atoms with Crippen LogP contribution in [0, 0.1) is 0 Å². The van der Waals surface area contributed by atoms with Gasteiger partial charge in [0.2, 0.25) is 0 Å². The lowest BCUT2D eigenvalue weighted by Gasteiger charge is -2.07. The van der Waals surface area contributed by atoms with Crippen LogP contribution in [0.3, 0.4) is 0 Å². The summed E-state index contributed by atoms with van der Waals surface area (Å²) < 4.78 is 19.0. The molecule has 27 heavy (non-hydrogen) atoms. The van der Waals surface area contributed by atoms with Crippen LogP contribution in [0.2, 0.25) is 0 Å². The van der Waals surface area contributed by atoms with Crippen LogP contribution in [-0.2, 0) is 38.1 Å². The molecule has 0 saturated carbocycles. The molecule has 0 aromatic rings. The smallest absolute Gasteiger partial charge is 0.334 e. The minimum atomic E-state index is -0.711. The number of methoxy groups -OCH3 is 2. The molecular formula is C19H26O8. The van der Waals surface area contributed by atoms with Crippen LogP contribution in [0.5, 0.6) is 0 Å². The van der Waals surface area contributed by atoms with Gasteiger partial charge in [-0.1, -0.05) is 18.7 Å². The molecule has 0 unspecified atom stereocenters. The normalized spacial score (nSPS) is 11.4. The van der Waals surface area contributed by atoms with Gasteiger partial charge < -0.3 is 18.9 Å². The van der Waals surface area contributed by atoms with Crippen LogP contribution in [0.15, 0.2) is 35.5 Å². The maximum absolute atomic E-state index is 11.7. The molecule has 0 aliphatic carbocycles. The van der Waals surface area contributed by atoms with E-state index in [2.05, 4.69) is 16.1 Å². The summed E-state index contributed by atoms with van der Waals surface area (Å²) >= 11 is 0. The lowest BCUT2D eigenvalue weighted by atomic mass is 10.2. The van der Waals surface area contributed by atoms with Crippen molar-refractivity contribution in [1.29, 1.82) is 0 Å². The minimum absolute atomic E-state index is 0.0325. The van der Waals surface area contributed by atoms with E-state index in [0.29, 0.717) is 24.0 Å². The van der Waals surface area contributed by atoms with Gasteiger partial charge in [-0.2, -0.15) is 0 Å². The number of carbonyl (C=O) groups is 4. The molecule has 0 aliphatic rings. The van der Waals surface area contributed by atoms with Crippen LogP contribution < -0.4 is 0 Å². The molecule has 0 amide bonds. The second-order valence-electron chi connectivity index (χ2n) is 5.47. The Hall–Kier alpha value is -2.90. The second kappa shape index (κ2) is 13.3. The van der Waals surface area contributed by atoms with Crippen molar-refractivity contribution in [2.24, 2.45) is 0 Å². The second-order valence-corrected chi connectivity index (χ2v) is 5.47. The molecular weight excluding hydrogens is 356 g/mol. The molecule has 0 saturated heterocycles. The van der Waals surface area contributed by atoms with E-state index in [1.54, 1.807) is 26.0 Å². The van der Waals surface area contributed by atoms with Gasteiger partial charge >= 0.3 is 23.9 Å². The van der Waals surface area contributed by atoms with E-state index >= 15 is 0 Å². The summed E-state index contributed by atoms with van der Waals surface area (Å²) in [6.07, 6.45) is 3.55. The lowest BCUT2D eigenvalue weighted by molar-refractivity contribution is -0.146. The van der Waals surface area contributed by atoms with Crippen LogP contribution in [-0.4, -0.2) is 51.3 Å². The van der Waals surface area contributed by atoms with Gasteiger partial charge in [0.1, 0.15) is 0 Å². The number of ether oxygens (including phenoxy) is 4. The molecule has 8 heteroatoms. The van der Waals surface area contributed by atoms with Crippen LogP contribution in [0.25, 0.3) is 0 Å². The van der Waals surface area contributed by atoms with E-state index in [0.717, 1.165) is 0 Å². The molecule has 0 rings (SSSR count). The fourth-order valence-electron chi connectivity index (χ4n) is 1.76. The first-order chi connectivity index (χ1) is 12.7. The average molecular weight is 382 g/mol. The number of hydrogen-bond acceptors (Lipinski definition) is 8. The van der Waals surface area contributed by atoms with E-state index in [4.69, 9.17) is 9.47 Å². The highest BCUT2D eigenvalue weighted by molar-refractivity contribution is 5.93. The van der Waals surface area contributed by atoms with Gasteiger partial charge in [0.15, 0.2) is 0 Å². The standard InChI is InChI=1S/C19H26O8/c1-13(17(21)24-4)8-6-10-26-16(20)12-15(3)19(23)27-11-7-9-14(2)18(22)25-5/h8-9H,3,6-7,10-12H2,1-2,4-5H3. The third-order valence-corrected chi connectivity index (χ3v) is 3.29. The van der Waals surface area contributed by atoms with Gasteiger partial charge in [0, 0.05) is 29.6 Å². The van der Waals surface area contributed by atoms with Crippen LogP contribution in [0.4, 0.5) is 0 Å². The fourth-order valence-corrected chi connectivity index (χ4v) is 1.76. The monoisotopic (exact) mass is 382 g/mol. The third kappa shape index (κ3) is 10.6. The van der Waals surface area contributed by atoms with E-state index in [9.17, 15) is 19.2 Å². The molecule has 8 nitrogen and oxygen atoms in total. The van der Waals surface area contributed by atoms with Gasteiger partial charge in [0.05, 0.1) is 33.9 Å². The molecule has 0 bridgehead atoms. The molecule has 0 aliphatic heterocycles. The topological polar surface area (TPSA) is 105 Å². The van der Waals surface area contributed by atoms with Gasteiger partial charge in [-0.3, -0.25) is 4.79 Å². The quantitative estimate of drug-likeness (QED) is 0.231. The summed E-state index contributed by atoms with van der Waals surface area (Å²) in [7, 11) is 2.56. The van der Waals surface area contributed by atoms with Crippen LogP contribution >= 0.6 is 0 Å². The van der Waals surface area contributed by atoms with Crippen molar-refractivity contribution in [3.63, 3.8) is 0 Å². The zero-order valence-corrected chi connectivity index (χ0v) is 16.2. The Kier molecular flexibility index (Phi) is 11.9. The molecule has 0 atom stereocenters. The predicted molar refractivity (Wildman–Crippen MR) is 96.5 cm³/mol. The summed E-state index contributed by atoms with van der Waals surface area (Å²) in [5, 5.41) is 0. The fraction of sp³-hybridized carbons (Fsp3) is 0.474. The zero-order chi connectivity index (χ0) is 20.8. The zero-order valence-electron chi connectivity index (χ0n) is 16.2. The van der Waals surface area contributed by atoms with Crippen molar-refractivity contribution in [3.8, 4) is 0 Å². The third-order valence-electron chi connectivity index (χ3n) is 3.29. The SMILES string of the molecule is C=C(CC(=O)OCCC=C(C)C(=O)OC)C(=O)OCCC=C(C)C(=O)OC. The Labute approximate surface area is 158 Å². The van der Waals surface area contributed by atoms with Crippen LogP contribution in [0.1, 0.15) is 33.1 Å². The molecule has 0 radical (unpaired) electrons. The maximum atomic E-state index is 11.7. The molecule has 0 heterocycles. The maximum Gasteiger partial charge on any atom is 0.334 e. The summed E-state index contributed by atoms with van der Waals surface area (Å²) in [6.45, 7) is 6.78. The number of hydrogen-bond donors (Lipinski definition) is 0. The predicted octanol–water partition coefficient (Wildman–Crippen LogP) is 2.04. The molecule has 150 valence electrons. The van der Waals surface area contributed by atoms with Gasteiger partial charge in [0.25, 0.3) is 0 Å². The summed E-state index contributed by atoms with van der Waals surface area (Å²) in [5.41, 5.74) is 0.792. The molecule has 0 aromatic heterocycles. The Bertz CT molecular complexity index is 628. The van der Waals surface area contributed by atoms with Crippen molar-refractivity contribution in [1.82, 2.24) is 0 Å². The number of carbonyl (C=O) groups excluding carboxylic acids is 4. The summed E-state index contributed by atoms with van der Waals surface area (Å²) in [6, 6.07) is 0. The Balaban J connectivity index is 4.11. The van der Waals surface area contributed by atoms with E-state index in [1.807, 2.05) is 0 Å². The van der Waals surface area contributed by atoms with E-state index in [1.165, 1.54) is 14.2 Å². The van der Waals surface area contributed by atoms with Crippen molar-refractivity contribution in [3.05, 3.63) is 35.5 Å². The largest absolute Gasteiger partial charge is 0.466 e. The first kappa shape index (κ1) is 24.1. The average Bonchev–Trinajstić information content (AvgIpc) is 2.66. The lowest BCUT2D eigenvalue weighted by Crippen LogP contribution is -2.14. The van der Waals surface area contributed by atoms with Gasteiger partial charge in [-0.25, -0.2) is 14.4 Å². The highest BCUT2D eigenvalue weighted by Gasteiger charge is 2.14. The summed E-state index contributed by atoms with van der Waals surface area (Å²) in [4.78, 5) is 45.7. The highest BCUT2D eigenvalue weighted by atomic mass is 16.5. The Morgan fingerprint density at radius 3 is 1.67 bits per heavy atom. The van der Waals surface area contributed by atoms with Crippen molar-refractivity contribution in [2.75, 3.05) is 27.4 Å². The highest BCUT2D eigenvalue weighted by Crippen LogP contribution is 2.06. The van der Waals surface area contributed by atoms with Crippen molar-refractivity contribution >= 4 is 23.9 Å². The Morgan fingerprint density at radius 2 is 1.22 bits per heavy atom. The molecule has 0 aromatic carbocycles. The van der Waals surface area contributed by atoms with E-state index in [-0.39, 0.29) is 25.2 Å². The minimum Gasteiger partial charge on any atom is -0.466 e. The van der Waals surface area contributed by atoms with E-state index < -0.39 is 23.9 Å². The first-order valence-corrected chi connectivity index (χ1v) is 8.23. The number of esters is 4. The molecule has 0 fully saturated rings. The van der Waals surface area contributed by atoms with Crippen molar-refractivity contribution in [2.45, 2.75) is 33.1 Å². The molecule has 0 spiro atoms. The Morgan fingerprint density at radius 1 is 0.778 bits per heavy atom. The van der Waals surface area contributed by atoms with Crippen molar-refractivity contribution < 1.29 is 38.1 Å². The summed E-state index contributed by atoms with van der Waals surface area (Å²) in [5.74, 6) is -2.24. The first-order valence-electron chi connectivity index (χ1n) is 8.23. The van der Waals surface area contributed by atoms with Gasteiger partial charge in [-0.15, -0.1) is 0 Å². The van der Waals surface area contributed by atoms with Gasteiger partial charge in [-0.05, 0) is 13.8 Å².